The number of nitrogens with two attached hydrogens (primary N) is 3. The number of H-pyrrole nitrogens is 1. The Balaban J connectivity index is 2.19. The molecule has 0 spiro atoms. The summed E-state index contributed by atoms with van der Waals surface area (Å²) in [6.45, 7) is 0.0957. The minimum Gasteiger partial charge on any atom is -0.508 e. The summed E-state index contributed by atoms with van der Waals surface area (Å²) in [7, 11) is 0. The van der Waals surface area contributed by atoms with Crippen molar-refractivity contribution in [2.24, 2.45) is 22.2 Å². The summed E-state index contributed by atoms with van der Waals surface area (Å²) < 4.78 is 0. The predicted octanol–water partition coefficient (Wildman–Crippen LogP) is -2.70. The van der Waals surface area contributed by atoms with Crippen LogP contribution in [0.25, 0.3) is 0 Å². The molecule has 1 aromatic heterocycles. The van der Waals surface area contributed by atoms with Crippen LogP contribution in [-0.2, 0) is 36.8 Å². The van der Waals surface area contributed by atoms with Gasteiger partial charge in [-0.2, -0.15) is 0 Å². The summed E-state index contributed by atoms with van der Waals surface area (Å²) in [6.07, 6.45) is 2.07. The second kappa shape index (κ2) is 16.2. The van der Waals surface area contributed by atoms with Crippen molar-refractivity contribution in [1.82, 2.24) is 25.9 Å². The fourth-order valence-electron chi connectivity index (χ4n) is 3.77. The Morgan fingerprint density at radius 3 is 2.10 bits per heavy atom. The van der Waals surface area contributed by atoms with Gasteiger partial charge in [0.1, 0.15) is 23.9 Å². The highest BCUT2D eigenvalue weighted by molar-refractivity contribution is 5.95. The molecule has 1 aromatic carbocycles. The fourth-order valence-corrected chi connectivity index (χ4v) is 3.77. The minimum atomic E-state index is -1.69. The second-order valence-electron chi connectivity index (χ2n) is 9.33. The van der Waals surface area contributed by atoms with Crippen LogP contribution in [0.15, 0.2) is 41.8 Å². The van der Waals surface area contributed by atoms with E-state index in [4.69, 9.17) is 17.2 Å². The Kier molecular flexibility index (Phi) is 12.7. The highest BCUT2D eigenvalue weighted by Crippen LogP contribution is 2.12. The van der Waals surface area contributed by atoms with Crippen LogP contribution in [0.3, 0.4) is 0 Å². The van der Waals surface area contributed by atoms with Crippen LogP contribution in [0.1, 0.15) is 30.5 Å². The van der Waals surface area contributed by atoms with Gasteiger partial charge in [0.2, 0.25) is 17.7 Å². The average Bonchev–Trinajstić information content (AvgIpc) is 3.43. The second-order valence-corrected chi connectivity index (χ2v) is 9.33. The van der Waals surface area contributed by atoms with Crippen molar-refractivity contribution in [3.63, 3.8) is 0 Å². The number of amides is 3. The van der Waals surface area contributed by atoms with Crippen LogP contribution in [0.2, 0.25) is 0 Å². The van der Waals surface area contributed by atoms with Gasteiger partial charge in [-0.1, -0.05) is 12.1 Å². The van der Waals surface area contributed by atoms with Crippen LogP contribution in [0.5, 0.6) is 5.75 Å². The van der Waals surface area contributed by atoms with Gasteiger partial charge in [0, 0.05) is 31.3 Å². The van der Waals surface area contributed by atoms with Crippen molar-refractivity contribution < 1.29 is 39.3 Å². The quantitative estimate of drug-likeness (QED) is 0.0512. The first-order valence-corrected chi connectivity index (χ1v) is 12.8. The lowest BCUT2D eigenvalue weighted by atomic mass is 10.0. The van der Waals surface area contributed by atoms with E-state index >= 15 is 0 Å². The maximum Gasteiger partial charge on any atom is 0.326 e. The number of nitrogens with one attached hydrogen (secondary N) is 4. The molecule has 0 aliphatic carbocycles. The molecule has 0 bridgehead atoms. The van der Waals surface area contributed by atoms with E-state index in [9.17, 15) is 39.3 Å². The number of aromatic amines is 1. The number of benzene rings is 1. The maximum absolute atomic E-state index is 13.3. The number of nitrogens with zero attached hydrogens (tertiary/aromatic N) is 2. The van der Waals surface area contributed by atoms with Gasteiger partial charge in [-0.15, -0.1) is 0 Å². The zero-order chi connectivity index (χ0) is 31.2. The number of phenolic OH excluding ortho intramolecular Hbond substituents is 1. The van der Waals surface area contributed by atoms with Gasteiger partial charge in [-0.25, -0.2) is 9.78 Å². The molecule has 0 saturated carbocycles. The van der Waals surface area contributed by atoms with E-state index in [1.807, 2.05) is 0 Å². The number of phenols is 1. The van der Waals surface area contributed by atoms with Gasteiger partial charge in [0.15, 0.2) is 5.96 Å². The number of carbonyl (C=O) groups excluding carboxylic acids is 3. The third-order valence-electron chi connectivity index (χ3n) is 5.91. The molecule has 17 heteroatoms. The van der Waals surface area contributed by atoms with E-state index in [0.717, 1.165) is 0 Å². The molecule has 4 unspecified atom stereocenters. The largest absolute Gasteiger partial charge is 0.508 e. The highest BCUT2D eigenvalue weighted by atomic mass is 16.4. The van der Waals surface area contributed by atoms with Gasteiger partial charge >= 0.3 is 11.9 Å². The molecule has 1 heterocycles. The minimum absolute atomic E-state index is 0.0326. The third kappa shape index (κ3) is 11.5. The number of aromatic nitrogens is 2. The number of guanidine groups is 1. The van der Waals surface area contributed by atoms with E-state index in [2.05, 4.69) is 30.9 Å². The number of aliphatic imine (C=N–C) groups is 1. The molecule has 228 valence electrons. The van der Waals surface area contributed by atoms with Gasteiger partial charge < -0.3 is 53.5 Å². The van der Waals surface area contributed by atoms with Crippen molar-refractivity contribution >= 4 is 35.6 Å². The Hall–Kier alpha value is -5.19. The normalized spacial score (nSPS) is 13.5. The molecular weight excluding hydrogens is 554 g/mol. The summed E-state index contributed by atoms with van der Waals surface area (Å²) in [4.78, 5) is 72.7. The molecule has 17 nitrogen and oxygen atoms in total. The first-order valence-electron chi connectivity index (χ1n) is 12.8. The number of carbonyl (C=O) groups is 5. The number of carboxylic acid groups (broad SMARTS) is 2. The number of carboxylic acids is 2. The van der Waals surface area contributed by atoms with Crippen LogP contribution < -0.4 is 33.2 Å². The molecule has 3 amide bonds. The standard InChI is InChI=1S/C25H35N9O8/c26-16(9-14-11-29-12-31-14)21(38)33-18(8-13-3-5-15(35)6-4-13)22(39)34-19(10-20(36)37)23(40)32-17(24(41)42)2-1-7-30-25(27)28/h3-6,11-12,16-19,35H,1-2,7-10,26H2,(H,29,31)(H,32,40)(H,33,38)(H,34,39)(H,36,37)(H,41,42)(H4,27,28,30). The topological polar surface area (TPSA) is 301 Å². The molecule has 0 aliphatic heterocycles. The van der Waals surface area contributed by atoms with Crippen LogP contribution >= 0.6 is 0 Å². The fraction of sp³-hybridized carbons (Fsp3) is 0.400. The first kappa shape index (κ1) is 33.0. The Labute approximate surface area is 240 Å². The molecule has 0 saturated heterocycles. The lowest BCUT2D eigenvalue weighted by molar-refractivity contribution is -0.143. The van der Waals surface area contributed by atoms with Crippen LogP contribution in [-0.4, -0.2) is 91.6 Å². The third-order valence-corrected chi connectivity index (χ3v) is 5.91. The molecule has 0 fully saturated rings. The first-order chi connectivity index (χ1) is 19.8. The average molecular weight is 590 g/mol. The van der Waals surface area contributed by atoms with E-state index in [1.165, 1.54) is 36.8 Å². The molecule has 0 aliphatic rings. The number of aromatic hydroxyl groups is 1. The van der Waals surface area contributed by atoms with Crippen molar-refractivity contribution in [3.05, 3.63) is 48.0 Å². The lowest BCUT2D eigenvalue weighted by Gasteiger charge is -2.24. The van der Waals surface area contributed by atoms with E-state index < -0.39 is 60.2 Å². The number of aliphatic carboxylic acids is 2. The molecule has 0 radical (unpaired) electrons. The highest BCUT2D eigenvalue weighted by Gasteiger charge is 2.32. The van der Waals surface area contributed by atoms with Gasteiger partial charge in [-0.3, -0.25) is 24.2 Å². The summed E-state index contributed by atoms with van der Waals surface area (Å²) in [5, 5.41) is 35.5. The lowest BCUT2D eigenvalue weighted by Crippen LogP contribution is -2.58. The molecule has 2 aromatic rings. The number of imidazole rings is 1. The van der Waals surface area contributed by atoms with Crippen LogP contribution in [0.4, 0.5) is 0 Å². The van der Waals surface area contributed by atoms with Crippen molar-refractivity contribution in [2.75, 3.05) is 6.54 Å². The summed E-state index contributed by atoms with van der Waals surface area (Å²) in [6, 6.07) is 0.232. The maximum atomic E-state index is 13.3. The number of hydrogen-bond donors (Lipinski definition) is 10. The zero-order valence-electron chi connectivity index (χ0n) is 22.5. The molecular formula is C25H35N9O8. The van der Waals surface area contributed by atoms with Gasteiger partial charge in [0.25, 0.3) is 0 Å². The van der Waals surface area contributed by atoms with Gasteiger partial charge in [-0.05, 0) is 30.5 Å². The Morgan fingerprint density at radius 2 is 1.52 bits per heavy atom. The monoisotopic (exact) mass is 589 g/mol. The smallest absolute Gasteiger partial charge is 0.326 e. The van der Waals surface area contributed by atoms with Gasteiger partial charge in [0.05, 0.1) is 18.8 Å². The Morgan fingerprint density at radius 1 is 0.905 bits per heavy atom. The summed E-state index contributed by atoms with van der Waals surface area (Å²) in [5.41, 5.74) is 17.5. The molecule has 4 atom stereocenters. The predicted molar refractivity (Wildman–Crippen MR) is 148 cm³/mol. The summed E-state index contributed by atoms with van der Waals surface area (Å²) in [5.74, 6) is -5.76. The summed E-state index contributed by atoms with van der Waals surface area (Å²) >= 11 is 0. The van der Waals surface area contributed by atoms with E-state index in [-0.39, 0.29) is 43.9 Å². The molecule has 13 N–H and O–H groups in total. The van der Waals surface area contributed by atoms with Crippen molar-refractivity contribution in [2.45, 2.75) is 56.3 Å². The number of hydrogen-bond acceptors (Lipinski definition) is 9. The zero-order valence-corrected chi connectivity index (χ0v) is 22.5. The Bertz CT molecular complexity index is 1250. The van der Waals surface area contributed by atoms with Crippen LogP contribution in [0, 0.1) is 0 Å². The SMILES string of the molecule is NC(N)=NCCCC(NC(=O)C(CC(=O)O)NC(=O)C(Cc1ccc(O)cc1)NC(=O)C(N)Cc1cnc[nH]1)C(=O)O. The van der Waals surface area contributed by atoms with E-state index in [1.54, 1.807) is 0 Å². The number of rotatable bonds is 17. The molecule has 42 heavy (non-hydrogen) atoms. The van der Waals surface area contributed by atoms with E-state index in [0.29, 0.717) is 11.3 Å². The van der Waals surface area contributed by atoms with Crippen molar-refractivity contribution in [3.8, 4) is 5.75 Å². The van der Waals surface area contributed by atoms with Crippen molar-refractivity contribution in [1.29, 1.82) is 0 Å². The molecule has 2 rings (SSSR count).